The van der Waals surface area contributed by atoms with E-state index >= 15 is 0 Å². The first-order chi connectivity index (χ1) is 47.5. The summed E-state index contributed by atoms with van der Waals surface area (Å²) in [7, 11) is 0. The molecule has 0 aliphatic rings. The fourth-order valence-electron chi connectivity index (χ4n) is 14.5. The first-order valence-corrected chi connectivity index (χ1v) is 44.6. The zero-order valence-electron chi connectivity index (χ0n) is 65.7. The van der Waals surface area contributed by atoms with E-state index in [9.17, 15) is 19.8 Å². The molecule has 0 aliphatic heterocycles. The molecule has 2 atom stereocenters. The summed E-state index contributed by atoms with van der Waals surface area (Å²) in [5, 5.41) is 23.3. The normalized spacial score (nSPS) is 12.5. The number of hydrogen-bond donors (Lipinski definition) is 3. The third-order valence-corrected chi connectivity index (χ3v) is 21.2. The van der Waals surface area contributed by atoms with Gasteiger partial charge < -0.3 is 20.3 Å². The van der Waals surface area contributed by atoms with Crippen molar-refractivity contribution >= 4 is 11.9 Å². The molecular formula is C90H175NO5. The van der Waals surface area contributed by atoms with Gasteiger partial charge >= 0.3 is 5.97 Å². The van der Waals surface area contributed by atoms with Crippen LogP contribution in [0, 0.1) is 0 Å². The summed E-state index contributed by atoms with van der Waals surface area (Å²) in [6.07, 6.45) is 112. The van der Waals surface area contributed by atoms with Crippen LogP contribution in [0.25, 0.3) is 0 Å². The quantitative estimate of drug-likeness (QED) is 0.0320. The van der Waals surface area contributed by atoms with Gasteiger partial charge in [0.05, 0.1) is 25.4 Å². The highest BCUT2D eigenvalue weighted by Crippen LogP contribution is 2.21. The van der Waals surface area contributed by atoms with Crippen LogP contribution in [0.1, 0.15) is 515 Å². The largest absolute Gasteiger partial charge is 0.466 e. The monoisotopic (exact) mass is 1350 g/mol. The molecule has 0 heterocycles. The number of hydrogen-bond acceptors (Lipinski definition) is 5. The Bertz CT molecular complexity index is 1510. The second kappa shape index (κ2) is 85.8. The van der Waals surface area contributed by atoms with Gasteiger partial charge in [-0.1, -0.05) is 468 Å². The number of carbonyl (C=O) groups excluding carboxylic acids is 2. The molecule has 96 heavy (non-hydrogen) atoms. The molecule has 0 saturated carbocycles. The van der Waals surface area contributed by atoms with Gasteiger partial charge in [0.2, 0.25) is 5.91 Å². The maximum atomic E-state index is 12.6. The average Bonchev–Trinajstić information content (AvgIpc) is 2.46. The molecule has 1 amide bonds. The molecule has 3 N–H and O–H groups in total. The van der Waals surface area contributed by atoms with E-state index in [0.29, 0.717) is 19.4 Å². The van der Waals surface area contributed by atoms with Gasteiger partial charge in [0.1, 0.15) is 0 Å². The first-order valence-electron chi connectivity index (χ1n) is 44.6. The SMILES string of the molecule is CCCCCCCCCCCCCCCCCCCCCCCC/C=C/C(O)C(CO)NC(=O)CCCCCCCCCCCCCCCCCCC/C=C\CCCCCCCCCCCCCCCCCCCCOC(=O)CCCCCCCCCCCCCCCCCC. The number of nitrogens with one attached hydrogen (secondary N) is 1. The lowest BCUT2D eigenvalue weighted by molar-refractivity contribution is -0.143. The Hall–Kier alpha value is -1.66. The Morgan fingerprint density at radius 3 is 0.740 bits per heavy atom. The van der Waals surface area contributed by atoms with E-state index in [4.69, 9.17) is 4.74 Å². The van der Waals surface area contributed by atoms with E-state index in [1.807, 2.05) is 6.08 Å². The smallest absolute Gasteiger partial charge is 0.305 e. The van der Waals surface area contributed by atoms with Gasteiger partial charge in [-0.2, -0.15) is 0 Å². The van der Waals surface area contributed by atoms with Gasteiger partial charge in [-0.05, 0) is 57.8 Å². The average molecular weight is 1350 g/mol. The van der Waals surface area contributed by atoms with E-state index in [-0.39, 0.29) is 18.5 Å². The summed E-state index contributed by atoms with van der Waals surface area (Å²) in [6.45, 7) is 4.98. The second-order valence-corrected chi connectivity index (χ2v) is 30.9. The zero-order valence-corrected chi connectivity index (χ0v) is 65.7. The van der Waals surface area contributed by atoms with Crippen LogP contribution in [0.4, 0.5) is 0 Å². The fraction of sp³-hybridized carbons (Fsp3) is 0.933. The van der Waals surface area contributed by atoms with Gasteiger partial charge in [-0.15, -0.1) is 0 Å². The van der Waals surface area contributed by atoms with Crippen molar-refractivity contribution in [1.82, 2.24) is 5.32 Å². The maximum absolute atomic E-state index is 12.6. The van der Waals surface area contributed by atoms with Crippen molar-refractivity contribution in [3.05, 3.63) is 24.3 Å². The minimum absolute atomic E-state index is 0.0270. The van der Waals surface area contributed by atoms with Crippen LogP contribution < -0.4 is 5.32 Å². The molecule has 0 spiro atoms. The predicted octanol–water partition coefficient (Wildman–Crippen LogP) is 29.9. The van der Waals surface area contributed by atoms with Crippen molar-refractivity contribution in [3.8, 4) is 0 Å². The number of allylic oxidation sites excluding steroid dienone is 3. The maximum Gasteiger partial charge on any atom is 0.305 e. The molecule has 0 aromatic heterocycles. The Balaban J connectivity index is 3.34. The Morgan fingerprint density at radius 1 is 0.281 bits per heavy atom. The molecule has 6 nitrogen and oxygen atoms in total. The number of rotatable bonds is 85. The molecule has 0 fully saturated rings. The zero-order chi connectivity index (χ0) is 69.1. The molecule has 6 heteroatoms. The Morgan fingerprint density at radius 2 is 0.490 bits per heavy atom. The number of amides is 1. The van der Waals surface area contributed by atoms with Crippen molar-refractivity contribution in [1.29, 1.82) is 0 Å². The highest BCUT2D eigenvalue weighted by molar-refractivity contribution is 5.76. The molecule has 0 saturated heterocycles. The fourth-order valence-corrected chi connectivity index (χ4v) is 14.5. The highest BCUT2D eigenvalue weighted by atomic mass is 16.5. The van der Waals surface area contributed by atoms with Crippen LogP contribution in [0.2, 0.25) is 0 Å². The van der Waals surface area contributed by atoms with E-state index in [1.165, 1.54) is 449 Å². The number of aliphatic hydroxyl groups excluding tert-OH is 2. The van der Waals surface area contributed by atoms with Crippen molar-refractivity contribution in [3.63, 3.8) is 0 Å². The van der Waals surface area contributed by atoms with Crippen LogP contribution >= 0.6 is 0 Å². The summed E-state index contributed by atoms with van der Waals surface area (Å²) < 4.78 is 5.52. The molecular weight excluding hydrogens is 1170 g/mol. The topological polar surface area (TPSA) is 95.9 Å². The van der Waals surface area contributed by atoms with Crippen molar-refractivity contribution in [2.45, 2.75) is 527 Å². The van der Waals surface area contributed by atoms with E-state index in [1.54, 1.807) is 6.08 Å². The summed E-state index contributed by atoms with van der Waals surface area (Å²) in [4.78, 5) is 24.7. The molecule has 0 aromatic rings. The Labute approximate surface area is 602 Å². The molecule has 0 radical (unpaired) electrons. The molecule has 0 bridgehead atoms. The number of ether oxygens (including phenoxy) is 1. The lowest BCUT2D eigenvalue weighted by Crippen LogP contribution is -2.45. The van der Waals surface area contributed by atoms with Crippen molar-refractivity contribution in [2.75, 3.05) is 13.2 Å². The lowest BCUT2D eigenvalue weighted by atomic mass is 10.0. The van der Waals surface area contributed by atoms with E-state index in [0.717, 1.165) is 38.5 Å². The third kappa shape index (κ3) is 81.3. The van der Waals surface area contributed by atoms with Gasteiger partial charge in [-0.3, -0.25) is 9.59 Å². The minimum atomic E-state index is -0.843. The molecule has 570 valence electrons. The van der Waals surface area contributed by atoms with Crippen LogP contribution in [0.5, 0.6) is 0 Å². The van der Waals surface area contributed by atoms with Crippen LogP contribution in [-0.2, 0) is 14.3 Å². The standard InChI is InChI=1S/C90H175NO5/c1-3-5-7-9-11-13-15-17-19-21-22-23-24-42-45-48-51-54-58-62-66-70-74-78-82-88(93)87(86-92)91-89(94)83-79-75-71-67-63-59-55-52-49-46-43-40-38-36-34-32-30-28-26-25-27-29-31-33-35-37-39-41-44-47-50-53-57-61-65-69-73-77-81-85-96-90(95)84-80-76-72-68-64-60-56-20-18-16-14-12-10-8-6-4-2/h25-26,78,82,87-88,92-93H,3-24,27-77,79-81,83-86H2,1-2H3,(H,91,94)/b26-25-,82-78+. The van der Waals surface area contributed by atoms with E-state index in [2.05, 4.69) is 31.3 Å². The van der Waals surface area contributed by atoms with Gasteiger partial charge in [0.25, 0.3) is 0 Å². The number of unbranched alkanes of at least 4 members (excludes halogenated alkanes) is 72. The van der Waals surface area contributed by atoms with E-state index < -0.39 is 12.1 Å². The number of aliphatic hydroxyl groups is 2. The highest BCUT2D eigenvalue weighted by Gasteiger charge is 2.18. The minimum Gasteiger partial charge on any atom is -0.466 e. The summed E-state index contributed by atoms with van der Waals surface area (Å²) in [5.74, 6) is -0.0306. The van der Waals surface area contributed by atoms with Crippen LogP contribution in [0.15, 0.2) is 24.3 Å². The van der Waals surface area contributed by atoms with Crippen LogP contribution in [0.3, 0.4) is 0 Å². The Kier molecular flexibility index (Phi) is 84.3. The lowest BCUT2D eigenvalue weighted by Gasteiger charge is -2.20. The van der Waals surface area contributed by atoms with Gasteiger partial charge in [-0.25, -0.2) is 0 Å². The summed E-state index contributed by atoms with van der Waals surface area (Å²) in [6, 6.07) is -0.626. The van der Waals surface area contributed by atoms with Crippen molar-refractivity contribution < 1.29 is 24.5 Å². The third-order valence-electron chi connectivity index (χ3n) is 21.2. The molecule has 0 aliphatic carbocycles. The number of carbonyl (C=O) groups is 2. The first kappa shape index (κ1) is 94.3. The van der Waals surface area contributed by atoms with Crippen molar-refractivity contribution in [2.24, 2.45) is 0 Å². The summed E-state index contributed by atoms with van der Waals surface area (Å²) >= 11 is 0. The van der Waals surface area contributed by atoms with Gasteiger partial charge in [0, 0.05) is 12.8 Å². The molecule has 0 aromatic carbocycles. The number of esters is 1. The molecule has 0 rings (SSSR count). The summed E-state index contributed by atoms with van der Waals surface area (Å²) in [5.41, 5.74) is 0. The van der Waals surface area contributed by atoms with Crippen LogP contribution in [-0.4, -0.2) is 47.4 Å². The van der Waals surface area contributed by atoms with Gasteiger partial charge in [0.15, 0.2) is 0 Å². The second-order valence-electron chi connectivity index (χ2n) is 30.9. The molecule has 2 unspecified atom stereocenters. The predicted molar refractivity (Wildman–Crippen MR) is 426 cm³/mol.